The Labute approximate surface area is 84.5 Å². The molecule has 0 aliphatic carbocycles. The van der Waals surface area contributed by atoms with Crippen LogP contribution in [0.1, 0.15) is 21.5 Å². The molecule has 0 saturated heterocycles. The minimum Gasteiger partial charge on any atom is -0.462 e. The van der Waals surface area contributed by atoms with Gasteiger partial charge < -0.3 is 4.74 Å². The molecule has 0 N–H and O–H groups in total. The molecule has 0 aromatic carbocycles. The van der Waals surface area contributed by atoms with Crippen LogP contribution < -0.4 is 0 Å². The first-order valence-corrected chi connectivity index (χ1v) is 4.75. The van der Waals surface area contributed by atoms with Crippen LogP contribution in [0, 0.1) is 11.3 Å². The van der Waals surface area contributed by atoms with Crippen LogP contribution in [-0.2, 0) is 4.74 Å². The molecule has 0 atom stereocenters. The summed E-state index contributed by atoms with van der Waals surface area (Å²) in [6, 6.07) is 3.34. The van der Waals surface area contributed by atoms with Crippen molar-refractivity contribution in [2.75, 3.05) is 6.61 Å². The molecule has 68 valence electrons. The lowest BCUT2D eigenvalue weighted by atomic mass is 10.4. The molecule has 13 heavy (non-hydrogen) atoms. The fourth-order valence-electron chi connectivity index (χ4n) is 0.748. The van der Waals surface area contributed by atoms with E-state index in [1.807, 2.05) is 6.07 Å². The Balaban J connectivity index is 2.92. The number of halogens is 1. The summed E-state index contributed by atoms with van der Waals surface area (Å²) < 4.78 is 4.74. The fraction of sp³-hybridized carbons (Fsp3) is 0.250. The largest absolute Gasteiger partial charge is 0.462 e. The number of nitriles is 1. The van der Waals surface area contributed by atoms with Gasteiger partial charge in [-0.25, -0.2) is 4.79 Å². The van der Waals surface area contributed by atoms with Crippen LogP contribution in [-0.4, -0.2) is 12.6 Å². The molecular formula is C8H6ClNO2S. The summed E-state index contributed by atoms with van der Waals surface area (Å²) in [5, 5.41) is 8.87. The SMILES string of the molecule is CCOC(=O)c1cc(Cl)c(C#N)s1. The average molecular weight is 216 g/mol. The summed E-state index contributed by atoms with van der Waals surface area (Å²) in [6.07, 6.45) is 0. The lowest BCUT2D eigenvalue weighted by Gasteiger charge is -1.95. The minimum atomic E-state index is -0.434. The number of nitrogens with zero attached hydrogens (tertiary/aromatic N) is 1. The molecule has 5 heteroatoms. The molecule has 0 fully saturated rings. The molecule has 0 saturated carbocycles. The van der Waals surface area contributed by atoms with Gasteiger partial charge >= 0.3 is 5.97 Å². The van der Waals surface area contributed by atoms with Gasteiger partial charge in [-0.1, -0.05) is 11.6 Å². The van der Waals surface area contributed by atoms with Gasteiger partial charge in [-0.05, 0) is 13.0 Å². The predicted octanol–water partition coefficient (Wildman–Crippen LogP) is 2.45. The summed E-state index contributed by atoms with van der Waals surface area (Å²) >= 11 is 6.71. The van der Waals surface area contributed by atoms with Crippen molar-refractivity contribution in [3.63, 3.8) is 0 Å². The fourth-order valence-corrected chi connectivity index (χ4v) is 1.82. The predicted molar refractivity (Wildman–Crippen MR) is 50.0 cm³/mol. The van der Waals surface area contributed by atoms with Crippen LogP contribution in [0.15, 0.2) is 6.07 Å². The van der Waals surface area contributed by atoms with Crippen molar-refractivity contribution in [2.24, 2.45) is 0 Å². The van der Waals surface area contributed by atoms with Crippen LogP contribution in [0.5, 0.6) is 0 Å². The van der Waals surface area contributed by atoms with Crippen LogP contribution in [0.3, 0.4) is 0 Å². The third-order valence-corrected chi connectivity index (χ3v) is 2.69. The molecular weight excluding hydrogens is 210 g/mol. The first-order valence-electron chi connectivity index (χ1n) is 3.55. The molecule has 1 heterocycles. The van der Waals surface area contributed by atoms with E-state index in [2.05, 4.69) is 0 Å². The second kappa shape index (κ2) is 4.26. The maximum absolute atomic E-state index is 11.1. The van der Waals surface area contributed by atoms with Crippen LogP contribution in [0.25, 0.3) is 0 Å². The quantitative estimate of drug-likeness (QED) is 0.712. The Kier molecular flexibility index (Phi) is 3.29. The van der Waals surface area contributed by atoms with E-state index in [1.165, 1.54) is 6.07 Å². The van der Waals surface area contributed by atoms with Gasteiger partial charge in [0.25, 0.3) is 0 Å². The molecule has 0 aliphatic heterocycles. The Morgan fingerprint density at radius 3 is 3.00 bits per heavy atom. The number of hydrogen-bond acceptors (Lipinski definition) is 4. The van der Waals surface area contributed by atoms with E-state index in [-0.39, 0.29) is 0 Å². The molecule has 1 aromatic heterocycles. The smallest absolute Gasteiger partial charge is 0.348 e. The highest BCUT2D eigenvalue weighted by molar-refractivity contribution is 7.15. The maximum atomic E-state index is 11.1. The van der Waals surface area contributed by atoms with Crippen LogP contribution in [0.2, 0.25) is 5.02 Å². The zero-order valence-electron chi connectivity index (χ0n) is 6.83. The second-order valence-corrected chi connectivity index (χ2v) is 3.58. The van der Waals surface area contributed by atoms with E-state index in [1.54, 1.807) is 6.92 Å². The third-order valence-electron chi connectivity index (χ3n) is 1.26. The molecule has 0 aliphatic rings. The zero-order valence-corrected chi connectivity index (χ0v) is 8.41. The highest BCUT2D eigenvalue weighted by Gasteiger charge is 2.13. The number of esters is 1. The van der Waals surface area contributed by atoms with Gasteiger partial charge in [0.05, 0.1) is 11.6 Å². The summed E-state index contributed by atoms with van der Waals surface area (Å²) in [4.78, 5) is 11.8. The van der Waals surface area contributed by atoms with E-state index in [0.29, 0.717) is 21.4 Å². The number of hydrogen-bond donors (Lipinski definition) is 0. The summed E-state index contributed by atoms with van der Waals surface area (Å²) in [6.45, 7) is 2.04. The Morgan fingerprint density at radius 2 is 2.54 bits per heavy atom. The third kappa shape index (κ3) is 2.20. The van der Waals surface area contributed by atoms with Crippen LogP contribution in [0.4, 0.5) is 0 Å². The van der Waals surface area contributed by atoms with E-state index < -0.39 is 5.97 Å². The van der Waals surface area contributed by atoms with E-state index >= 15 is 0 Å². The number of carbonyl (C=O) groups is 1. The second-order valence-electron chi connectivity index (χ2n) is 2.12. The van der Waals surface area contributed by atoms with Crippen molar-refractivity contribution in [3.8, 4) is 6.07 Å². The Bertz CT molecular complexity index is 367. The van der Waals surface area contributed by atoms with Crippen LogP contribution >= 0.6 is 22.9 Å². The van der Waals surface area contributed by atoms with Gasteiger partial charge in [0.1, 0.15) is 15.8 Å². The molecule has 3 nitrogen and oxygen atoms in total. The topological polar surface area (TPSA) is 50.1 Å². The highest BCUT2D eigenvalue weighted by Crippen LogP contribution is 2.26. The monoisotopic (exact) mass is 215 g/mol. The lowest BCUT2D eigenvalue weighted by molar-refractivity contribution is 0.0532. The maximum Gasteiger partial charge on any atom is 0.348 e. The molecule has 0 amide bonds. The Hall–Kier alpha value is -1.05. The zero-order chi connectivity index (χ0) is 9.84. The number of thiophene rings is 1. The summed E-state index contributed by atoms with van der Waals surface area (Å²) in [7, 11) is 0. The van der Waals surface area contributed by atoms with Crippen molar-refractivity contribution in [2.45, 2.75) is 6.92 Å². The molecule has 0 bridgehead atoms. The van der Waals surface area contributed by atoms with Crippen molar-refractivity contribution in [1.82, 2.24) is 0 Å². The van der Waals surface area contributed by atoms with Gasteiger partial charge in [0, 0.05) is 0 Å². The lowest BCUT2D eigenvalue weighted by Crippen LogP contribution is -2.01. The first-order chi connectivity index (χ1) is 6.19. The highest BCUT2D eigenvalue weighted by atomic mass is 35.5. The van der Waals surface area contributed by atoms with E-state index in [4.69, 9.17) is 21.6 Å². The minimum absolute atomic E-state index is 0.301. The van der Waals surface area contributed by atoms with E-state index in [9.17, 15) is 4.79 Å². The molecule has 0 radical (unpaired) electrons. The number of rotatable bonds is 2. The van der Waals surface area contributed by atoms with Crippen molar-refractivity contribution in [3.05, 3.63) is 20.8 Å². The van der Waals surface area contributed by atoms with Crippen molar-refractivity contribution >= 4 is 28.9 Å². The van der Waals surface area contributed by atoms with Crippen molar-refractivity contribution < 1.29 is 9.53 Å². The van der Waals surface area contributed by atoms with Gasteiger partial charge in [-0.2, -0.15) is 5.26 Å². The van der Waals surface area contributed by atoms with Gasteiger partial charge in [-0.15, -0.1) is 11.3 Å². The van der Waals surface area contributed by atoms with E-state index in [0.717, 1.165) is 11.3 Å². The van der Waals surface area contributed by atoms with Gasteiger partial charge in [-0.3, -0.25) is 0 Å². The number of ether oxygens (including phenoxy) is 1. The molecule has 1 aromatic rings. The average Bonchev–Trinajstić information content (AvgIpc) is 2.47. The molecule has 1 rings (SSSR count). The number of carbonyl (C=O) groups excluding carboxylic acids is 1. The summed E-state index contributed by atoms with van der Waals surface area (Å²) in [5.41, 5.74) is 0. The normalized spacial score (nSPS) is 9.31. The summed E-state index contributed by atoms with van der Waals surface area (Å²) in [5.74, 6) is -0.434. The van der Waals surface area contributed by atoms with Crippen molar-refractivity contribution in [1.29, 1.82) is 5.26 Å². The molecule has 0 spiro atoms. The molecule has 0 unspecified atom stereocenters. The Morgan fingerprint density at radius 1 is 1.85 bits per heavy atom. The van der Waals surface area contributed by atoms with Gasteiger partial charge in [0.15, 0.2) is 0 Å². The standard InChI is InChI=1S/C8H6ClNO2S/c1-2-12-8(11)6-3-5(9)7(4-10)13-6/h3H,2H2,1H3. The first kappa shape index (κ1) is 10.0. The van der Waals surface area contributed by atoms with Gasteiger partial charge in [0.2, 0.25) is 0 Å².